The molecule has 0 radical (unpaired) electrons. The molecule has 0 spiro atoms. The van der Waals surface area contributed by atoms with Gasteiger partial charge in [-0.15, -0.1) is 0 Å². The summed E-state index contributed by atoms with van der Waals surface area (Å²) in [4.78, 5) is 51.4. The lowest BCUT2D eigenvalue weighted by Crippen LogP contribution is -2.55. The lowest BCUT2D eigenvalue weighted by atomic mass is 10.0. The van der Waals surface area contributed by atoms with E-state index in [4.69, 9.17) is 26.6 Å². The third-order valence-electron chi connectivity index (χ3n) is 5.56. The zero-order valence-electron chi connectivity index (χ0n) is 21.8. The van der Waals surface area contributed by atoms with E-state index in [1.54, 1.807) is 28.9 Å². The van der Waals surface area contributed by atoms with E-state index in [1.807, 2.05) is 31.7 Å². The lowest BCUT2D eigenvalue weighted by Gasteiger charge is -2.36. The highest BCUT2D eigenvalue weighted by Crippen LogP contribution is 2.29. The number of benzene rings is 1. The number of fused-ring (bicyclic) bond motifs is 3. The zero-order chi connectivity index (χ0) is 28.4. The highest BCUT2D eigenvalue weighted by atomic mass is 35.5. The summed E-state index contributed by atoms with van der Waals surface area (Å²) in [5, 5.41) is 20.1. The molecule has 1 amide bonds. The van der Waals surface area contributed by atoms with Crippen LogP contribution >= 0.6 is 11.6 Å². The van der Waals surface area contributed by atoms with Crippen molar-refractivity contribution in [3.63, 3.8) is 0 Å². The number of aliphatic carboxylic acids is 2. The Morgan fingerprint density at radius 3 is 2.18 bits per heavy atom. The number of halogens is 1. The first-order valence-corrected chi connectivity index (χ1v) is 12.4. The fraction of sp³-hybridized carbons (Fsp3) is 0.423. The molecule has 38 heavy (non-hydrogen) atoms. The molecule has 1 aliphatic rings. The highest BCUT2D eigenvalue weighted by Gasteiger charge is 2.29. The maximum atomic E-state index is 13.6. The van der Waals surface area contributed by atoms with Gasteiger partial charge in [0.2, 0.25) is 0 Å². The van der Waals surface area contributed by atoms with Crippen LogP contribution in [0.4, 0.5) is 0 Å². The van der Waals surface area contributed by atoms with Crippen LogP contribution in [0.25, 0.3) is 16.4 Å². The molecule has 0 unspecified atom stereocenters. The van der Waals surface area contributed by atoms with Gasteiger partial charge in [-0.3, -0.25) is 18.8 Å². The Kier molecular flexibility index (Phi) is 8.63. The monoisotopic (exact) mass is 546 g/mol. The molecule has 2 atom stereocenters. The van der Waals surface area contributed by atoms with E-state index in [0.717, 1.165) is 10.9 Å². The van der Waals surface area contributed by atoms with Gasteiger partial charge in [-0.25, -0.2) is 9.78 Å². The average molecular weight is 547 g/mol. The largest absolute Gasteiger partial charge is 0.481 e. The highest BCUT2D eigenvalue weighted by molar-refractivity contribution is 6.31. The molecule has 3 heterocycles. The van der Waals surface area contributed by atoms with Crippen molar-refractivity contribution in [1.82, 2.24) is 19.6 Å². The summed E-state index contributed by atoms with van der Waals surface area (Å²) < 4.78 is 7.32. The SMILES string of the molecule is C[C@@H]1CN(C(=O)c2cc3c(C(=O)OC(C)(C)C)ncn3c3ccc(Cl)cc23)C[C@H](C)N1.O=C(O)CC(=O)O. The van der Waals surface area contributed by atoms with Crippen molar-refractivity contribution < 1.29 is 34.1 Å². The van der Waals surface area contributed by atoms with Gasteiger partial charge < -0.3 is 25.2 Å². The number of pyridine rings is 1. The van der Waals surface area contributed by atoms with Crippen molar-refractivity contribution in [1.29, 1.82) is 0 Å². The van der Waals surface area contributed by atoms with Crippen LogP contribution in [0.2, 0.25) is 5.02 Å². The Balaban J connectivity index is 0.000000505. The van der Waals surface area contributed by atoms with Gasteiger partial charge in [-0.2, -0.15) is 0 Å². The Morgan fingerprint density at radius 1 is 1.05 bits per heavy atom. The van der Waals surface area contributed by atoms with Crippen LogP contribution in [-0.4, -0.2) is 79.1 Å². The molecule has 11 nitrogen and oxygen atoms in total. The first-order valence-electron chi connectivity index (χ1n) is 12.0. The zero-order valence-corrected chi connectivity index (χ0v) is 22.6. The molecule has 12 heteroatoms. The summed E-state index contributed by atoms with van der Waals surface area (Å²) >= 11 is 6.27. The first-order chi connectivity index (χ1) is 17.7. The molecule has 1 aliphatic heterocycles. The summed E-state index contributed by atoms with van der Waals surface area (Å²) in [5.41, 5.74) is 1.32. The number of ether oxygens (including phenoxy) is 1. The number of imidazole rings is 1. The maximum absolute atomic E-state index is 13.6. The number of esters is 1. The van der Waals surface area contributed by atoms with Crippen molar-refractivity contribution in [2.45, 2.75) is 58.7 Å². The van der Waals surface area contributed by atoms with Crippen molar-refractivity contribution in [3.8, 4) is 0 Å². The third-order valence-corrected chi connectivity index (χ3v) is 5.80. The van der Waals surface area contributed by atoms with Crippen LogP contribution < -0.4 is 5.32 Å². The number of aromatic nitrogens is 2. The van der Waals surface area contributed by atoms with Crippen LogP contribution in [0.5, 0.6) is 0 Å². The maximum Gasteiger partial charge on any atom is 0.359 e. The van der Waals surface area contributed by atoms with E-state index in [2.05, 4.69) is 24.1 Å². The molecular formula is C26H31ClN4O7. The summed E-state index contributed by atoms with van der Waals surface area (Å²) in [6.07, 6.45) is 0.772. The van der Waals surface area contributed by atoms with Crippen LogP contribution in [0, 0.1) is 0 Å². The Hall–Kier alpha value is -3.70. The molecular weight excluding hydrogens is 516 g/mol. The van der Waals surface area contributed by atoms with E-state index in [0.29, 0.717) is 29.2 Å². The van der Waals surface area contributed by atoms with Crippen molar-refractivity contribution in [3.05, 3.63) is 46.9 Å². The molecule has 2 aromatic heterocycles. The summed E-state index contributed by atoms with van der Waals surface area (Å²) in [5.74, 6) is -3.24. The summed E-state index contributed by atoms with van der Waals surface area (Å²) in [6.45, 7) is 10.8. The predicted molar refractivity (Wildman–Crippen MR) is 141 cm³/mol. The Bertz CT molecular complexity index is 1370. The average Bonchev–Trinajstić information content (AvgIpc) is 3.20. The van der Waals surface area contributed by atoms with Gasteiger partial charge in [-0.05, 0) is 58.9 Å². The molecule has 1 fully saturated rings. The Morgan fingerprint density at radius 2 is 1.66 bits per heavy atom. The topological polar surface area (TPSA) is 151 Å². The number of nitrogens with one attached hydrogen (secondary N) is 1. The molecule has 3 aromatic rings. The number of nitrogens with zero attached hydrogens (tertiary/aromatic N) is 3. The summed E-state index contributed by atoms with van der Waals surface area (Å²) in [6, 6.07) is 7.50. The second kappa shape index (κ2) is 11.4. The molecule has 3 N–H and O–H groups in total. The molecule has 1 saturated heterocycles. The van der Waals surface area contributed by atoms with Gasteiger partial charge in [0.05, 0.1) is 16.6 Å². The number of piperazine rings is 1. The number of hydrogen-bond acceptors (Lipinski definition) is 7. The molecule has 0 bridgehead atoms. The van der Waals surface area contributed by atoms with Gasteiger partial charge in [0.25, 0.3) is 5.91 Å². The molecule has 204 valence electrons. The third kappa shape index (κ3) is 6.99. The van der Waals surface area contributed by atoms with Crippen LogP contribution in [0.3, 0.4) is 0 Å². The predicted octanol–water partition coefficient (Wildman–Crippen LogP) is 3.46. The number of carbonyl (C=O) groups is 4. The smallest absolute Gasteiger partial charge is 0.359 e. The van der Waals surface area contributed by atoms with E-state index in [-0.39, 0.29) is 23.7 Å². The number of amides is 1. The van der Waals surface area contributed by atoms with Gasteiger partial charge in [0.15, 0.2) is 5.69 Å². The fourth-order valence-electron chi connectivity index (χ4n) is 4.29. The minimum atomic E-state index is -1.31. The second-order valence-corrected chi connectivity index (χ2v) is 10.6. The normalized spacial score (nSPS) is 17.6. The molecule has 1 aromatic carbocycles. The van der Waals surface area contributed by atoms with E-state index in [1.165, 1.54) is 0 Å². The van der Waals surface area contributed by atoms with Crippen molar-refractivity contribution >= 4 is 51.8 Å². The van der Waals surface area contributed by atoms with Crippen molar-refractivity contribution in [2.75, 3.05) is 13.1 Å². The second-order valence-electron chi connectivity index (χ2n) is 10.2. The first kappa shape index (κ1) is 28.9. The number of carbonyl (C=O) groups excluding carboxylic acids is 2. The van der Waals surface area contributed by atoms with E-state index >= 15 is 0 Å². The number of hydrogen-bond donors (Lipinski definition) is 3. The van der Waals surface area contributed by atoms with Crippen LogP contribution in [-0.2, 0) is 14.3 Å². The van der Waals surface area contributed by atoms with Gasteiger partial charge in [0, 0.05) is 35.6 Å². The van der Waals surface area contributed by atoms with E-state index in [9.17, 15) is 19.2 Å². The van der Waals surface area contributed by atoms with Gasteiger partial charge >= 0.3 is 17.9 Å². The summed E-state index contributed by atoms with van der Waals surface area (Å²) in [7, 11) is 0. The van der Waals surface area contributed by atoms with Crippen LogP contribution in [0.15, 0.2) is 30.6 Å². The van der Waals surface area contributed by atoms with Gasteiger partial charge in [-0.1, -0.05) is 11.6 Å². The standard InChI is InChI=1S/C23H27ClN4O3.C3H4O4/c1-13-10-27(11-14(2)26-13)21(29)17-9-19-20(22(30)31-23(3,4)5)25-12-28(19)18-7-6-15(24)8-16(17)18;4-2(5)1-3(6)7/h6-9,12-14,26H,10-11H2,1-5H3;1H2,(H,4,5)(H,6,7)/t13-,14+;. The fourth-order valence-corrected chi connectivity index (χ4v) is 4.46. The molecule has 0 aliphatic carbocycles. The number of rotatable bonds is 4. The quantitative estimate of drug-likeness (QED) is 0.330. The number of carboxylic acids is 2. The van der Waals surface area contributed by atoms with Gasteiger partial charge in [0.1, 0.15) is 18.3 Å². The molecule has 4 rings (SSSR count). The van der Waals surface area contributed by atoms with Crippen molar-refractivity contribution in [2.24, 2.45) is 0 Å². The number of carboxylic acid groups (broad SMARTS) is 2. The van der Waals surface area contributed by atoms with E-state index < -0.39 is 29.9 Å². The van der Waals surface area contributed by atoms with Crippen LogP contribution in [0.1, 0.15) is 61.9 Å². The minimum Gasteiger partial charge on any atom is -0.481 e. The lowest BCUT2D eigenvalue weighted by molar-refractivity contribution is -0.147. The Labute approximate surface area is 224 Å². The molecule has 0 saturated carbocycles. The minimum absolute atomic E-state index is 0.0914.